The van der Waals surface area contributed by atoms with Gasteiger partial charge in [0.1, 0.15) is 0 Å². The van der Waals surface area contributed by atoms with Crippen LogP contribution in [-0.2, 0) is 16.0 Å². The second kappa shape index (κ2) is 7.92. The number of benzene rings is 1. The first kappa shape index (κ1) is 17.2. The summed E-state index contributed by atoms with van der Waals surface area (Å²) in [6.45, 7) is 4.51. The van der Waals surface area contributed by atoms with Gasteiger partial charge in [-0.15, -0.1) is 0 Å². The van der Waals surface area contributed by atoms with Gasteiger partial charge in [0.25, 0.3) is 5.91 Å². The first-order valence-corrected chi connectivity index (χ1v) is 8.16. The van der Waals surface area contributed by atoms with Gasteiger partial charge in [-0.1, -0.05) is 37.6 Å². The highest BCUT2D eigenvalue weighted by molar-refractivity contribution is 6.02. The van der Waals surface area contributed by atoms with Crippen LogP contribution in [0, 0.1) is 0 Å². The smallest absolute Gasteiger partial charge is 0.250 e. The molecule has 3 N–H and O–H groups in total. The number of hydrogen-bond acceptors (Lipinski definition) is 3. The van der Waals surface area contributed by atoms with E-state index in [4.69, 9.17) is 5.73 Å². The summed E-state index contributed by atoms with van der Waals surface area (Å²) in [7, 11) is 0. The SMILES string of the molecule is CCC[C@@H](C=CC(=O)N1CCc2ccccc21)N[C@@H](C)C(N)=O. The molecule has 2 atom stereocenters. The molecule has 0 saturated carbocycles. The van der Waals surface area contributed by atoms with Crippen LogP contribution < -0.4 is 16.0 Å². The normalized spacial score (nSPS) is 16.3. The monoisotopic (exact) mass is 315 g/mol. The molecule has 5 nitrogen and oxygen atoms in total. The van der Waals surface area contributed by atoms with Crippen molar-refractivity contribution >= 4 is 17.5 Å². The van der Waals surface area contributed by atoms with Crippen molar-refractivity contribution in [1.29, 1.82) is 0 Å². The largest absolute Gasteiger partial charge is 0.368 e. The lowest BCUT2D eigenvalue weighted by Crippen LogP contribution is -2.43. The number of nitrogens with two attached hydrogens (primary N) is 1. The molecule has 0 spiro atoms. The fraction of sp³-hybridized carbons (Fsp3) is 0.444. The first-order chi connectivity index (χ1) is 11.0. The van der Waals surface area contributed by atoms with E-state index in [9.17, 15) is 9.59 Å². The first-order valence-electron chi connectivity index (χ1n) is 8.16. The van der Waals surface area contributed by atoms with Crippen molar-refractivity contribution in [3.05, 3.63) is 42.0 Å². The predicted molar refractivity (Wildman–Crippen MR) is 92.1 cm³/mol. The van der Waals surface area contributed by atoms with Crippen molar-refractivity contribution in [2.24, 2.45) is 5.73 Å². The van der Waals surface area contributed by atoms with Crippen molar-refractivity contribution in [3.63, 3.8) is 0 Å². The van der Waals surface area contributed by atoms with E-state index in [0.717, 1.165) is 24.9 Å². The highest BCUT2D eigenvalue weighted by Crippen LogP contribution is 2.27. The molecule has 0 fully saturated rings. The summed E-state index contributed by atoms with van der Waals surface area (Å²) in [5.41, 5.74) is 7.49. The van der Waals surface area contributed by atoms with Gasteiger partial charge < -0.3 is 10.6 Å². The van der Waals surface area contributed by atoms with Crippen molar-refractivity contribution < 1.29 is 9.59 Å². The molecule has 1 aromatic rings. The van der Waals surface area contributed by atoms with E-state index in [-0.39, 0.29) is 17.9 Å². The maximum atomic E-state index is 12.5. The van der Waals surface area contributed by atoms with Gasteiger partial charge in [-0.25, -0.2) is 0 Å². The molecule has 2 amide bonds. The standard InChI is InChI=1S/C18H25N3O2/c1-3-6-15(20-13(2)18(19)23)9-10-17(22)21-12-11-14-7-4-5-8-16(14)21/h4-5,7-10,13,15,20H,3,6,11-12H2,1-2H3,(H2,19,23)/t13-,15-/m0/s1. The Morgan fingerprint density at radius 1 is 1.39 bits per heavy atom. The molecule has 0 radical (unpaired) electrons. The molecule has 124 valence electrons. The van der Waals surface area contributed by atoms with Gasteiger partial charge in [0.15, 0.2) is 0 Å². The number of carbonyl (C=O) groups is 2. The van der Waals surface area contributed by atoms with E-state index in [1.165, 1.54) is 5.56 Å². The minimum atomic E-state index is -0.418. The molecule has 1 aliphatic rings. The van der Waals surface area contributed by atoms with Crippen LogP contribution in [0.5, 0.6) is 0 Å². The van der Waals surface area contributed by atoms with Crippen LogP contribution in [0.25, 0.3) is 0 Å². The van der Waals surface area contributed by atoms with Crippen molar-refractivity contribution in [2.75, 3.05) is 11.4 Å². The molecule has 2 rings (SSSR count). The zero-order chi connectivity index (χ0) is 16.8. The van der Waals surface area contributed by atoms with Crippen LogP contribution in [0.2, 0.25) is 0 Å². The highest BCUT2D eigenvalue weighted by atomic mass is 16.2. The Morgan fingerprint density at radius 2 is 2.13 bits per heavy atom. The van der Waals surface area contributed by atoms with E-state index < -0.39 is 6.04 Å². The number of carbonyl (C=O) groups excluding carboxylic acids is 2. The molecule has 0 unspecified atom stereocenters. The second-order valence-corrected chi connectivity index (χ2v) is 5.91. The van der Waals surface area contributed by atoms with Crippen molar-refractivity contribution in [1.82, 2.24) is 5.32 Å². The lowest BCUT2D eigenvalue weighted by atomic mass is 10.1. The van der Waals surface area contributed by atoms with E-state index in [0.29, 0.717) is 6.54 Å². The van der Waals surface area contributed by atoms with Gasteiger partial charge in [0, 0.05) is 24.4 Å². The fourth-order valence-corrected chi connectivity index (χ4v) is 2.80. The lowest BCUT2D eigenvalue weighted by molar-refractivity contribution is -0.119. The average molecular weight is 315 g/mol. The van der Waals surface area contributed by atoms with Gasteiger partial charge in [0.2, 0.25) is 5.91 Å². The number of nitrogens with one attached hydrogen (secondary N) is 1. The van der Waals surface area contributed by atoms with Gasteiger partial charge in [-0.2, -0.15) is 0 Å². The van der Waals surface area contributed by atoms with Gasteiger partial charge in [0.05, 0.1) is 6.04 Å². The summed E-state index contributed by atoms with van der Waals surface area (Å²) >= 11 is 0. The topological polar surface area (TPSA) is 75.4 Å². The summed E-state index contributed by atoms with van der Waals surface area (Å²) in [4.78, 5) is 25.4. The van der Waals surface area contributed by atoms with Gasteiger partial charge in [-0.3, -0.25) is 14.9 Å². The minimum Gasteiger partial charge on any atom is -0.368 e. The molecular formula is C18H25N3O2. The number of primary amides is 1. The summed E-state index contributed by atoms with van der Waals surface area (Å²) in [5, 5.41) is 3.15. The maximum absolute atomic E-state index is 12.5. The van der Waals surface area contributed by atoms with Gasteiger partial charge in [-0.05, 0) is 31.4 Å². The van der Waals surface area contributed by atoms with E-state index >= 15 is 0 Å². The number of fused-ring (bicyclic) bond motifs is 1. The van der Waals surface area contributed by atoms with Crippen LogP contribution in [0.1, 0.15) is 32.3 Å². The Bertz CT molecular complexity index is 598. The highest BCUT2D eigenvalue weighted by Gasteiger charge is 2.22. The van der Waals surface area contributed by atoms with Gasteiger partial charge >= 0.3 is 0 Å². The Hall–Kier alpha value is -2.14. The predicted octanol–water partition coefficient (Wildman–Crippen LogP) is 1.76. The Labute approximate surface area is 137 Å². The maximum Gasteiger partial charge on any atom is 0.250 e. The number of amides is 2. The average Bonchev–Trinajstić information content (AvgIpc) is 2.96. The number of hydrogen-bond donors (Lipinski definition) is 2. The quantitative estimate of drug-likeness (QED) is 0.753. The lowest BCUT2D eigenvalue weighted by Gasteiger charge is -2.19. The third-order valence-electron chi connectivity index (χ3n) is 4.11. The number of rotatable bonds is 7. The van der Waals surface area contributed by atoms with Crippen molar-refractivity contribution in [2.45, 2.75) is 45.2 Å². The number of nitrogens with zero attached hydrogens (tertiary/aromatic N) is 1. The fourth-order valence-electron chi connectivity index (χ4n) is 2.80. The van der Waals surface area contributed by atoms with E-state index in [1.54, 1.807) is 17.9 Å². The van der Waals surface area contributed by atoms with Crippen LogP contribution >= 0.6 is 0 Å². The Balaban J connectivity index is 2.02. The van der Waals surface area contributed by atoms with Crippen LogP contribution in [0.15, 0.2) is 36.4 Å². The molecule has 0 saturated heterocycles. The van der Waals surface area contributed by atoms with Crippen LogP contribution in [-0.4, -0.2) is 30.4 Å². The van der Waals surface area contributed by atoms with Crippen LogP contribution in [0.4, 0.5) is 5.69 Å². The molecule has 1 aliphatic heterocycles. The summed E-state index contributed by atoms with van der Waals surface area (Å²) in [6, 6.07) is 7.52. The van der Waals surface area contributed by atoms with E-state index in [2.05, 4.69) is 18.3 Å². The zero-order valence-corrected chi connectivity index (χ0v) is 13.8. The number of para-hydroxylation sites is 1. The van der Waals surface area contributed by atoms with Crippen LogP contribution in [0.3, 0.4) is 0 Å². The molecule has 23 heavy (non-hydrogen) atoms. The molecule has 1 heterocycles. The molecule has 0 bridgehead atoms. The zero-order valence-electron chi connectivity index (χ0n) is 13.8. The molecule has 0 aromatic heterocycles. The summed E-state index contributed by atoms with van der Waals surface area (Å²) < 4.78 is 0. The third kappa shape index (κ3) is 4.42. The Kier molecular flexibility index (Phi) is 5.93. The minimum absolute atomic E-state index is 0.0235. The van der Waals surface area contributed by atoms with Crippen molar-refractivity contribution in [3.8, 4) is 0 Å². The molecule has 0 aliphatic carbocycles. The summed E-state index contributed by atoms with van der Waals surface area (Å²) in [6.07, 6.45) is 6.13. The Morgan fingerprint density at radius 3 is 2.83 bits per heavy atom. The molecule has 1 aromatic carbocycles. The third-order valence-corrected chi connectivity index (χ3v) is 4.11. The molecular weight excluding hydrogens is 290 g/mol. The summed E-state index contributed by atoms with van der Waals surface area (Å²) in [5.74, 6) is -0.413. The van der Waals surface area contributed by atoms with E-state index in [1.807, 2.05) is 24.3 Å². The molecule has 5 heteroatoms. The number of anilines is 1. The second-order valence-electron chi connectivity index (χ2n) is 5.91.